The van der Waals surface area contributed by atoms with Crippen LogP contribution in [0.25, 0.3) is 0 Å². The number of carbonyl (C=O) groups is 1. The lowest BCUT2D eigenvalue weighted by molar-refractivity contribution is -0.136. The molecule has 3 aliphatic rings. The number of nitrogens with zero attached hydrogens (tertiary/aromatic N) is 3. The van der Waals surface area contributed by atoms with E-state index in [1.807, 2.05) is 0 Å². The van der Waals surface area contributed by atoms with Crippen molar-refractivity contribution in [1.82, 2.24) is 13.5 Å². The first-order chi connectivity index (χ1) is 11.5. The van der Waals surface area contributed by atoms with Gasteiger partial charge in [0.1, 0.15) is 0 Å². The molecule has 2 heterocycles. The molecule has 24 heavy (non-hydrogen) atoms. The van der Waals surface area contributed by atoms with Gasteiger partial charge in [-0.2, -0.15) is 17.0 Å². The Morgan fingerprint density at radius 1 is 1.04 bits per heavy atom. The lowest BCUT2D eigenvalue weighted by atomic mass is 9.96. The maximum absolute atomic E-state index is 12.8. The average Bonchev–Trinajstić information content (AvgIpc) is 3.16. The number of ether oxygens (including phenoxy) is 1. The Labute approximate surface area is 145 Å². The summed E-state index contributed by atoms with van der Waals surface area (Å²) in [6.07, 6.45) is 6.11. The minimum absolute atomic E-state index is 0.0435. The Balaban J connectivity index is 1.55. The van der Waals surface area contributed by atoms with Gasteiger partial charge in [-0.15, -0.1) is 0 Å². The van der Waals surface area contributed by atoms with Crippen LogP contribution in [-0.2, 0) is 19.7 Å². The highest BCUT2D eigenvalue weighted by Crippen LogP contribution is 2.25. The van der Waals surface area contributed by atoms with Crippen LogP contribution in [0.1, 0.15) is 38.5 Å². The molecule has 3 rings (SSSR count). The van der Waals surface area contributed by atoms with Crippen molar-refractivity contribution in [1.29, 1.82) is 0 Å². The number of carbonyl (C=O) groups excluding carboxylic acids is 1. The Hall–Kier alpha value is -0.700. The minimum atomic E-state index is -3.43. The molecule has 1 saturated carbocycles. The van der Waals surface area contributed by atoms with Gasteiger partial charge in [0.2, 0.25) is 5.91 Å². The minimum Gasteiger partial charge on any atom is -0.381 e. The number of hydrogen-bond donors (Lipinski definition) is 0. The first-order valence-electron chi connectivity index (χ1n) is 9.10. The molecule has 3 fully saturated rings. The quantitative estimate of drug-likeness (QED) is 0.740. The largest absolute Gasteiger partial charge is 0.381 e. The predicted molar refractivity (Wildman–Crippen MR) is 90.6 cm³/mol. The van der Waals surface area contributed by atoms with Crippen molar-refractivity contribution >= 4 is 16.1 Å². The molecule has 1 amide bonds. The maximum atomic E-state index is 12.8. The van der Waals surface area contributed by atoms with Crippen molar-refractivity contribution in [2.75, 3.05) is 46.4 Å². The highest BCUT2D eigenvalue weighted by atomic mass is 32.2. The van der Waals surface area contributed by atoms with E-state index in [4.69, 9.17) is 4.74 Å². The third-order valence-corrected chi connectivity index (χ3v) is 7.65. The van der Waals surface area contributed by atoms with Crippen LogP contribution in [0.2, 0.25) is 0 Å². The molecule has 138 valence electrons. The monoisotopic (exact) mass is 359 g/mol. The summed E-state index contributed by atoms with van der Waals surface area (Å²) in [5.74, 6) is 0.0725. The summed E-state index contributed by atoms with van der Waals surface area (Å²) in [6.45, 7) is 2.89. The molecule has 0 spiro atoms. The van der Waals surface area contributed by atoms with Crippen LogP contribution in [0, 0.1) is 5.92 Å². The van der Waals surface area contributed by atoms with Gasteiger partial charge >= 0.3 is 0 Å². The van der Waals surface area contributed by atoms with Crippen molar-refractivity contribution < 1.29 is 17.9 Å². The van der Waals surface area contributed by atoms with Gasteiger partial charge in [-0.25, -0.2) is 0 Å². The zero-order chi connectivity index (χ0) is 17.2. The van der Waals surface area contributed by atoms with E-state index in [0.717, 1.165) is 32.1 Å². The van der Waals surface area contributed by atoms with Gasteiger partial charge in [0.05, 0.1) is 12.5 Å². The molecular formula is C16H29N3O4S. The normalized spacial score (nSPS) is 27.8. The summed E-state index contributed by atoms with van der Waals surface area (Å²) < 4.78 is 34.1. The van der Waals surface area contributed by atoms with Crippen molar-refractivity contribution in [3.05, 3.63) is 0 Å². The first-order valence-corrected chi connectivity index (χ1v) is 10.5. The second-order valence-corrected chi connectivity index (χ2v) is 9.09. The highest BCUT2D eigenvalue weighted by molar-refractivity contribution is 7.86. The molecule has 0 aromatic heterocycles. The summed E-state index contributed by atoms with van der Waals surface area (Å²) in [5.41, 5.74) is 0. The predicted octanol–water partition coefficient (Wildman–Crippen LogP) is 0.676. The molecule has 7 nitrogen and oxygen atoms in total. The number of hydrogen-bond acceptors (Lipinski definition) is 4. The third kappa shape index (κ3) is 3.76. The summed E-state index contributed by atoms with van der Waals surface area (Å²) in [6, 6.07) is 0.124. The van der Waals surface area contributed by atoms with E-state index < -0.39 is 10.2 Å². The van der Waals surface area contributed by atoms with E-state index in [1.165, 1.54) is 10.7 Å². The molecule has 0 radical (unpaired) electrons. The number of piperazine rings is 1. The zero-order valence-corrected chi connectivity index (χ0v) is 15.3. The zero-order valence-electron chi connectivity index (χ0n) is 14.5. The Morgan fingerprint density at radius 2 is 1.71 bits per heavy atom. The molecule has 8 heteroatoms. The van der Waals surface area contributed by atoms with Crippen LogP contribution in [-0.4, -0.2) is 80.3 Å². The highest BCUT2D eigenvalue weighted by Gasteiger charge is 2.36. The second kappa shape index (κ2) is 7.68. The molecule has 1 unspecified atom stereocenters. The van der Waals surface area contributed by atoms with Crippen LogP contribution in [0.4, 0.5) is 0 Å². The van der Waals surface area contributed by atoms with E-state index >= 15 is 0 Å². The summed E-state index contributed by atoms with van der Waals surface area (Å²) in [4.78, 5) is 14.2. The van der Waals surface area contributed by atoms with Gasteiger partial charge < -0.3 is 9.64 Å². The van der Waals surface area contributed by atoms with Gasteiger partial charge in [0.25, 0.3) is 10.2 Å². The fourth-order valence-corrected chi connectivity index (χ4v) is 5.52. The average molecular weight is 359 g/mol. The topological polar surface area (TPSA) is 70.2 Å². The molecule has 1 atom stereocenters. The summed E-state index contributed by atoms with van der Waals surface area (Å²) in [5, 5.41) is 0. The van der Waals surface area contributed by atoms with Crippen LogP contribution < -0.4 is 0 Å². The Morgan fingerprint density at radius 3 is 2.29 bits per heavy atom. The molecule has 2 aliphatic heterocycles. The second-order valence-electron chi connectivity index (χ2n) is 7.10. The van der Waals surface area contributed by atoms with Gasteiger partial charge in [-0.05, 0) is 19.3 Å². The first kappa shape index (κ1) is 18.1. The fourth-order valence-electron chi connectivity index (χ4n) is 3.94. The number of amides is 1. The smallest absolute Gasteiger partial charge is 0.282 e. The molecule has 0 N–H and O–H groups in total. The lowest BCUT2D eigenvalue weighted by Gasteiger charge is -2.39. The lowest BCUT2D eigenvalue weighted by Crippen LogP contribution is -2.56. The fraction of sp³-hybridized carbons (Fsp3) is 0.938. The Kier molecular flexibility index (Phi) is 5.79. The van der Waals surface area contributed by atoms with E-state index in [-0.39, 0.29) is 17.9 Å². The van der Waals surface area contributed by atoms with E-state index in [2.05, 4.69) is 0 Å². The van der Waals surface area contributed by atoms with E-state index in [0.29, 0.717) is 39.4 Å². The summed E-state index contributed by atoms with van der Waals surface area (Å²) in [7, 11) is -1.72. The molecular weight excluding hydrogens is 330 g/mol. The van der Waals surface area contributed by atoms with Crippen molar-refractivity contribution in [2.24, 2.45) is 5.92 Å². The van der Waals surface area contributed by atoms with Crippen LogP contribution in [0.3, 0.4) is 0 Å². The van der Waals surface area contributed by atoms with E-state index in [1.54, 1.807) is 16.3 Å². The maximum Gasteiger partial charge on any atom is 0.282 e. The van der Waals surface area contributed by atoms with Crippen LogP contribution in [0.5, 0.6) is 0 Å². The SMILES string of the molecule is CN(C1CCCCC1)S(=O)(=O)N1CCN(C(=O)C2CCOC2)CC1. The number of rotatable bonds is 4. The van der Waals surface area contributed by atoms with Crippen molar-refractivity contribution in [3.63, 3.8) is 0 Å². The van der Waals surface area contributed by atoms with Crippen molar-refractivity contribution in [3.8, 4) is 0 Å². The van der Waals surface area contributed by atoms with Gasteiger partial charge in [0, 0.05) is 45.9 Å². The van der Waals surface area contributed by atoms with Gasteiger partial charge in [-0.1, -0.05) is 19.3 Å². The molecule has 0 aromatic rings. The van der Waals surface area contributed by atoms with Crippen molar-refractivity contribution in [2.45, 2.75) is 44.6 Å². The van der Waals surface area contributed by atoms with Crippen LogP contribution >= 0.6 is 0 Å². The standard InChI is InChI=1S/C16H29N3O4S/c1-17(15-5-3-2-4-6-15)24(21,22)19-10-8-18(9-11-19)16(20)14-7-12-23-13-14/h14-15H,2-13H2,1H3. The Bertz CT molecular complexity index is 534. The molecule has 1 aliphatic carbocycles. The van der Waals surface area contributed by atoms with Gasteiger partial charge in [-0.3, -0.25) is 4.79 Å². The van der Waals surface area contributed by atoms with Crippen LogP contribution in [0.15, 0.2) is 0 Å². The summed E-state index contributed by atoms with van der Waals surface area (Å²) >= 11 is 0. The molecule has 2 saturated heterocycles. The third-order valence-electron chi connectivity index (χ3n) is 5.61. The van der Waals surface area contributed by atoms with Gasteiger partial charge in [0.15, 0.2) is 0 Å². The molecule has 0 aromatic carbocycles. The van der Waals surface area contributed by atoms with E-state index in [9.17, 15) is 13.2 Å². The molecule has 0 bridgehead atoms.